The minimum absolute atomic E-state index is 0. The fraction of sp³-hybridized carbons (Fsp3) is 0.846. The first-order chi connectivity index (χ1) is 15.3. The van der Waals surface area contributed by atoms with Crippen LogP contribution < -0.4 is 16.0 Å². The van der Waals surface area contributed by atoms with Gasteiger partial charge in [-0.2, -0.15) is 0 Å². The van der Waals surface area contributed by atoms with E-state index in [-0.39, 0.29) is 54.2 Å². The van der Waals surface area contributed by atoms with Crippen molar-refractivity contribution in [2.75, 3.05) is 28.2 Å². The normalized spacial score (nSPS) is 15.1. The van der Waals surface area contributed by atoms with Crippen molar-refractivity contribution in [2.45, 2.75) is 117 Å². The van der Waals surface area contributed by atoms with Gasteiger partial charge in [-0.3, -0.25) is 9.59 Å². The molecule has 0 aromatic heterocycles. The Hall–Kier alpha value is -1.02. The van der Waals surface area contributed by atoms with Crippen molar-refractivity contribution < 1.29 is 33.9 Å². The predicted octanol–water partition coefficient (Wildman–Crippen LogP) is 2.97. The summed E-state index contributed by atoms with van der Waals surface area (Å²) >= 11 is 0. The van der Waals surface area contributed by atoms with Crippen LogP contribution in [0.2, 0.25) is 0 Å². The van der Waals surface area contributed by atoms with Gasteiger partial charge < -0.3 is 30.5 Å². The molecule has 8 nitrogen and oxygen atoms in total. The first kappa shape index (κ1) is 38.5. The SMILES string of the molecule is CC(=O)C(C)NC(C)(C)C.CC(C)NC1(C(=O)N(C)C)CCCC1.CC(C)N[CH-]C(=O)N(C)C.[Ru+]. The van der Waals surface area contributed by atoms with Gasteiger partial charge in [0.1, 0.15) is 5.78 Å². The van der Waals surface area contributed by atoms with Gasteiger partial charge in [-0.1, -0.05) is 26.7 Å². The molecule has 3 N–H and O–H groups in total. The third-order valence-corrected chi connectivity index (χ3v) is 5.08. The van der Waals surface area contributed by atoms with E-state index in [9.17, 15) is 14.4 Å². The van der Waals surface area contributed by atoms with E-state index in [4.69, 9.17) is 0 Å². The number of nitrogens with one attached hydrogen (secondary N) is 3. The third-order valence-electron chi connectivity index (χ3n) is 5.08. The van der Waals surface area contributed by atoms with Crippen LogP contribution in [-0.2, 0) is 33.9 Å². The average molecular weight is 586 g/mol. The molecule has 0 aromatic carbocycles. The number of rotatable bonds is 8. The van der Waals surface area contributed by atoms with Crippen LogP contribution in [0.1, 0.15) is 88.0 Å². The number of hydrogen-bond acceptors (Lipinski definition) is 6. The minimum atomic E-state index is -0.266. The van der Waals surface area contributed by atoms with Crippen LogP contribution in [0.5, 0.6) is 0 Å². The zero-order valence-corrected chi connectivity index (χ0v) is 26.3. The van der Waals surface area contributed by atoms with Crippen LogP contribution in [0, 0.1) is 6.54 Å². The van der Waals surface area contributed by atoms with E-state index in [0.29, 0.717) is 12.1 Å². The summed E-state index contributed by atoms with van der Waals surface area (Å²) in [6.45, 7) is 19.3. The third kappa shape index (κ3) is 18.9. The number of Topliss-reactive ketones (excluding diaryl/α,β-unsaturated/α-hetero) is 1. The summed E-state index contributed by atoms with van der Waals surface area (Å²) < 4.78 is 0. The Morgan fingerprint density at radius 2 is 1.31 bits per heavy atom. The van der Waals surface area contributed by atoms with Crippen molar-refractivity contribution in [1.82, 2.24) is 25.8 Å². The largest absolute Gasteiger partial charge is 1.00 e. The molecule has 0 aliphatic heterocycles. The van der Waals surface area contributed by atoms with Gasteiger partial charge in [0.2, 0.25) is 5.91 Å². The molecule has 1 atom stereocenters. The molecule has 2 amide bonds. The number of nitrogens with zero attached hydrogens (tertiary/aromatic N) is 2. The molecule has 35 heavy (non-hydrogen) atoms. The van der Waals surface area contributed by atoms with Crippen LogP contribution in [0.3, 0.4) is 0 Å². The molecule has 209 valence electrons. The predicted molar refractivity (Wildman–Crippen MR) is 142 cm³/mol. The first-order valence-corrected chi connectivity index (χ1v) is 12.4. The molecular formula is C26H54N5O3Ru. The van der Waals surface area contributed by atoms with E-state index in [0.717, 1.165) is 12.8 Å². The molecular weight excluding hydrogens is 531 g/mol. The number of ketones is 1. The molecule has 1 saturated carbocycles. The van der Waals surface area contributed by atoms with Gasteiger partial charge >= 0.3 is 19.5 Å². The number of hydrogen-bond donors (Lipinski definition) is 3. The van der Waals surface area contributed by atoms with Crippen molar-refractivity contribution in [3.8, 4) is 0 Å². The molecule has 1 aliphatic carbocycles. The summed E-state index contributed by atoms with van der Waals surface area (Å²) in [6, 6.07) is 0.667. The van der Waals surface area contributed by atoms with E-state index in [1.807, 2.05) is 55.6 Å². The van der Waals surface area contributed by atoms with E-state index < -0.39 is 0 Å². The smallest absolute Gasteiger partial charge is 0.444 e. The Labute approximate surface area is 228 Å². The van der Waals surface area contributed by atoms with Crippen molar-refractivity contribution in [1.29, 1.82) is 0 Å². The average Bonchev–Trinajstić information content (AvgIpc) is 3.13. The molecule has 0 aromatic rings. The summed E-state index contributed by atoms with van der Waals surface area (Å²) in [4.78, 5) is 36.9. The van der Waals surface area contributed by atoms with Crippen LogP contribution in [0.15, 0.2) is 0 Å². The number of carbonyl (C=O) groups is 3. The fourth-order valence-electron chi connectivity index (χ4n) is 3.50. The molecule has 0 heterocycles. The Morgan fingerprint density at radius 1 is 0.857 bits per heavy atom. The Bertz CT molecular complexity index is 611. The second kappa shape index (κ2) is 18.3. The van der Waals surface area contributed by atoms with Gasteiger partial charge in [-0.05, 0) is 67.3 Å². The maximum atomic E-state index is 12.1. The van der Waals surface area contributed by atoms with Crippen molar-refractivity contribution >= 4 is 17.6 Å². The van der Waals surface area contributed by atoms with Gasteiger partial charge in [0, 0.05) is 39.8 Å². The van der Waals surface area contributed by atoms with Crippen LogP contribution in [-0.4, -0.2) is 84.8 Å². The molecule has 1 unspecified atom stereocenters. The zero-order valence-electron chi connectivity index (χ0n) is 24.6. The second-order valence-corrected chi connectivity index (χ2v) is 11.2. The van der Waals surface area contributed by atoms with Crippen molar-refractivity contribution in [2.24, 2.45) is 0 Å². The van der Waals surface area contributed by atoms with E-state index >= 15 is 0 Å². The first-order valence-electron chi connectivity index (χ1n) is 12.4. The molecule has 1 radical (unpaired) electrons. The van der Waals surface area contributed by atoms with E-state index in [1.165, 1.54) is 24.3 Å². The Kier molecular flexibility index (Phi) is 20.1. The summed E-state index contributed by atoms with van der Waals surface area (Å²) in [6.07, 6.45) is 4.31. The zero-order chi connectivity index (χ0) is 27.3. The number of amides is 2. The van der Waals surface area contributed by atoms with Gasteiger partial charge in [0.25, 0.3) is 0 Å². The topological polar surface area (TPSA) is 93.8 Å². The van der Waals surface area contributed by atoms with Gasteiger partial charge in [-0.25, -0.2) is 6.54 Å². The second-order valence-electron chi connectivity index (χ2n) is 11.2. The number of carbonyl (C=O) groups excluding carboxylic acids is 3. The van der Waals surface area contributed by atoms with Crippen LogP contribution in [0.4, 0.5) is 0 Å². The molecule has 1 rings (SSSR count). The maximum Gasteiger partial charge on any atom is 1.00 e. The van der Waals surface area contributed by atoms with Gasteiger partial charge in [0.15, 0.2) is 0 Å². The van der Waals surface area contributed by atoms with E-state index in [1.54, 1.807) is 25.9 Å². The van der Waals surface area contributed by atoms with Crippen molar-refractivity contribution in [3.05, 3.63) is 6.54 Å². The fourth-order valence-corrected chi connectivity index (χ4v) is 3.50. The monoisotopic (exact) mass is 586 g/mol. The van der Waals surface area contributed by atoms with Gasteiger partial charge in [-0.15, -0.1) is 0 Å². The van der Waals surface area contributed by atoms with Crippen molar-refractivity contribution in [3.63, 3.8) is 0 Å². The Balaban J connectivity index is -0.000000444. The van der Waals surface area contributed by atoms with Crippen LogP contribution >= 0.6 is 0 Å². The maximum absolute atomic E-state index is 12.1. The molecule has 0 bridgehead atoms. The molecule has 9 heteroatoms. The standard InChI is InChI=1S/C11H22N2O.C8H17NO.C7H15N2O.Ru/c1-9(2)12-11(7-5-6-8-11)10(14)13(3)4;1-6(7(2)10)9-8(3,4)5;1-6(2)8-5-7(10)9(3)4;/h9,12H,5-8H2,1-4H3;6,9H,1-5H3;5-6,8H,1-4H3;/q;;-1;+1. The number of likely N-dealkylation sites (N-methyl/N-ethyl adjacent to an activating group) is 2. The molecule has 0 saturated heterocycles. The van der Waals surface area contributed by atoms with Gasteiger partial charge in [0.05, 0.1) is 17.5 Å². The summed E-state index contributed by atoms with van der Waals surface area (Å²) in [7, 11) is 7.12. The van der Waals surface area contributed by atoms with Crippen LogP contribution in [0.25, 0.3) is 0 Å². The molecule has 0 spiro atoms. The van der Waals surface area contributed by atoms with E-state index in [2.05, 4.69) is 29.8 Å². The summed E-state index contributed by atoms with van der Waals surface area (Å²) in [5, 5.41) is 9.52. The summed E-state index contributed by atoms with van der Waals surface area (Å²) in [5.74, 6) is 0.423. The summed E-state index contributed by atoms with van der Waals surface area (Å²) in [5.41, 5.74) is -0.233. The molecule has 1 aliphatic rings. The Morgan fingerprint density at radius 3 is 1.57 bits per heavy atom. The minimum Gasteiger partial charge on any atom is -0.444 e. The quantitative estimate of drug-likeness (QED) is 0.300. The molecule has 1 fully saturated rings.